The molecule has 0 unspecified atom stereocenters. The lowest BCUT2D eigenvalue weighted by molar-refractivity contribution is 0.0647. The minimum absolute atomic E-state index is 0.155. The van der Waals surface area contributed by atoms with E-state index in [2.05, 4.69) is 62.3 Å². The summed E-state index contributed by atoms with van der Waals surface area (Å²) in [5, 5.41) is 3.06. The number of benzene rings is 3. The standard InChI is InChI=1S/C50H64N6O6/c1-5-55(41-18-27-62-28-19-41)46-32-40(31-44(37(46)4)47(57)51-33-45-35(2)30-36(3)52-48(45)58)39-16-14-38(15-17-39)34-54-23-21-53(22-24-54)25-29-61-26-11-7-6-10-20-56-49(59)42-12-8-9-13-43(42)50(56)60/h8-9,12-17,30-32,41H,5-7,10-11,18-29,33-34H2,1-4H3,(H,51,57)(H,52,58). The fourth-order valence-electron chi connectivity index (χ4n) is 9.18. The fraction of sp³-hybridized carbons (Fsp3) is 0.480. The lowest BCUT2D eigenvalue weighted by Gasteiger charge is -2.37. The van der Waals surface area contributed by atoms with Crippen LogP contribution in [-0.4, -0.2) is 116 Å². The number of H-pyrrole nitrogens is 1. The third-order valence-electron chi connectivity index (χ3n) is 12.8. The van der Waals surface area contributed by atoms with E-state index >= 15 is 0 Å². The number of nitrogens with one attached hydrogen (secondary N) is 2. The number of aryl methyl sites for hydroxylation is 2. The molecule has 0 bridgehead atoms. The highest BCUT2D eigenvalue weighted by atomic mass is 16.5. The Morgan fingerprint density at radius 2 is 1.48 bits per heavy atom. The zero-order valence-corrected chi connectivity index (χ0v) is 37.1. The van der Waals surface area contributed by atoms with Crippen molar-refractivity contribution in [1.29, 1.82) is 0 Å². The zero-order chi connectivity index (χ0) is 43.6. The molecule has 3 aromatic carbocycles. The summed E-state index contributed by atoms with van der Waals surface area (Å²) in [6, 6.07) is 22.3. The Hall–Kier alpha value is -5.14. The molecule has 0 atom stereocenters. The van der Waals surface area contributed by atoms with Gasteiger partial charge in [-0.1, -0.05) is 49.2 Å². The number of amides is 3. The predicted molar refractivity (Wildman–Crippen MR) is 244 cm³/mol. The van der Waals surface area contributed by atoms with Gasteiger partial charge in [-0.15, -0.1) is 0 Å². The SMILES string of the molecule is CCN(c1cc(-c2ccc(CN3CCN(CCOCCCCCCN4C(=O)c5ccccc5C4=O)CC3)cc2)cc(C(=O)NCc2c(C)cc(C)[nH]c2=O)c1C)C1CCOCC1. The third-order valence-corrected chi connectivity index (χ3v) is 12.8. The van der Waals surface area contributed by atoms with Gasteiger partial charge in [0.25, 0.3) is 23.3 Å². The molecule has 4 aromatic rings. The second-order valence-electron chi connectivity index (χ2n) is 17.1. The van der Waals surface area contributed by atoms with Gasteiger partial charge in [0.2, 0.25) is 0 Å². The number of carbonyl (C=O) groups is 3. The number of ether oxygens (including phenoxy) is 2. The van der Waals surface area contributed by atoms with Crippen LogP contribution in [0.1, 0.15) is 104 Å². The second-order valence-corrected chi connectivity index (χ2v) is 17.1. The summed E-state index contributed by atoms with van der Waals surface area (Å²) < 4.78 is 11.7. The van der Waals surface area contributed by atoms with Crippen molar-refractivity contribution in [2.75, 3.05) is 77.1 Å². The summed E-state index contributed by atoms with van der Waals surface area (Å²) in [6.07, 6.45) is 5.65. The molecular weight excluding hydrogens is 781 g/mol. The Labute approximate surface area is 366 Å². The van der Waals surface area contributed by atoms with Crippen LogP contribution in [0.5, 0.6) is 0 Å². The number of fused-ring (bicyclic) bond motifs is 1. The van der Waals surface area contributed by atoms with Gasteiger partial charge in [0.05, 0.1) is 17.7 Å². The van der Waals surface area contributed by atoms with Gasteiger partial charge < -0.3 is 24.7 Å². The van der Waals surface area contributed by atoms with Crippen molar-refractivity contribution in [3.05, 3.63) is 122 Å². The van der Waals surface area contributed by atoms with Crippen LogP contribution in [0.25, 0.3) is 11.1 Å². The molecule has 62 heavy (non-hydrogen) atoms. The van der Waals surface area contributed by atoms with E-state index in [4.69, 9.17) is 9.47 Å². The summed E-state index contributed by atoms with van der Waals surface area (Å²) in [7, 11) is 0. The first-order valence-corrected chi connectivity index (χ1v) is 22.6. The predicted octanol–water partition coefficient (Wildman–Crippen LogP) is 6.89. The summed E-state index contributed by atoms with van der Waals surface area (Å²) in [5.74, 6) is -0.540. The molecule has 0 radical (unpaired) electrons. The molecule has 0 saturated carbocycles. The van der Waals surface area contributed by atoms with Crippen molar-refractivity contribution in [2.45, 2.75) is 85.4 Å². The highest BCUT2D eigenvalue weighted by Crippen LogP contribution is 2.34. The molecule has 2 N–H and O–H groups in total. The number of imide groups is 1. The van der Waals surface area contributed by atoms with Crippen LogP contribution in [0.2, 0.25) is 0 Å². The van der Waals surface area contributed by atoms with Crippen LogP contribution in [0.4, 0.5) is 5.69 Å². The molecule has 0 aliphatic carbocycles. The van der Waals surface area contributed by atoms with Gasteiger partial charge in [0.1, 0.15) is 0 Å². The molecule has 7 rings (SSSR count). The van der Waals surface area contributed by atoms with E-state index in [1.54, 1.807) is 24.3 Å². The Kier molecular flexibility index (Phi) is 15.4. The number of hydrogen-bond donors (Lipinski definition) is 2. The average molecular weight is 845 g/mol. The molecule has 1 aromatic heterocycles. The van der Waals surface area contributed by atoms with E-state index < -0.39 is 0 Å². The maximum Gasteiger partial charge on any atom is 0.261 e. The second kappa shape index (κ2) is 21.3. The van der Waals surface area contributed by atoms with Crippen LogP contribution in [0.3, 0.4) is 0 Å². The quantitative estimate of drug-likeness (QED) is 0.0767. The van der Waals surface area contributed by atoms with Crippen LogP contribution in [0, 0.1) is 20.8 Å². The van der Waals surface area contributed by atoms with Gasteiger partial charge >= 0.3 is 0 Å². The van der Waals surface area contributed by atoms with E-state index in [1.807, 2.05) is 32.9 Å². The Balaban J connectivity index is 0.873. The Morgan fingerprint density at radius 1 is 0.806 bits per heavy atom. The first-order valence-electron chi connectivity index (χ1n) is 22.6. The van der Waals surface area contributed by atoms with Gasteiger partial charge in [-0.3, -0.25) is 33.9 Å². The van der Waals surface area contributed by atoms with Gasteiger partial charge in [0.15, 0.2) is 0 Å². The summed E-state index contributed by atoms with van der Waals surface area (Å²) in [5.41, 5.74) is 9.02. The third kappa shape index (κ3) is 10.9. The number of anilines is 1. The highest BCUT2D eigenvalue weighted by molar-refractivity contribution is 6.21. The van der Waals surface area contributed by atoms with E-state index in [-0.39, 0.29) is 29.8 Å². The zero-order valence-electron chi connectivity index (χ0n) is 37.1. The smallest absolute Gasteiger partial charge is 0.261 e. The topological polar surface area (TPSA) is 128 Å². The van der Waals surface area contributed by atoms with Crippen molar-refractivity contribution in [2.24, 2.45) is 0 Å². The molecule has 12 heteroatoms. The van der Waals surface area contributed by atoms with E-state index in [0.29, 0.717) is 34.8 Å². The molecule has 4 heterocycles. The monoisotopic (exact) mass is 844 g/mol. The molecule has 2 saturated heterocycles. The van der Waals surface area contributed by atoms with Gasteiger partial charge in [-0.25, -0.2) is 0 Å². The van der Waals surface area contributed by atoms with Gasteiger partial charge in [0, 0.05) is 107 Å². The molecule has 0 spiro atoms. The lowest BCUT2D eigenvalue weighted by atomic mass is 9.94. The number of carbonyl (C=O) groups excluding carboxylic acids is 3. The summed E-state index contributed by atoms with van der Waals surface area (Å²) in [6.45, 7) is 18.2. The molecule has 12 nitrogen and oxygen atoms in total. The number of aromatic nitrogens is 1. The number of pyridine rings is 1. The maximum absolute atomic E-state index is 14.0. The first kappa shape index (κ1) is 44.9. The van der Waals surface area contributed by atoms with Crippen molar-refractivity contribution >= 4 is 23.4 Å². The fourth-order valence-corrected chi connectivity index (χ4v) is 9.18. The number of piperazine rings is 1. The molecule has 2 fully saturated rings. The van der Waals surface area contributed by atoms with E-state index in [1.165, 1.54) is 10.5 Å². The number of aromatic amines is 1. The Bertz CT molecular complexity index is 2210. The summed E-state index contributed by atoms with van der Waals surface area (Å²) in [4.78, 5) is 63.5. The van der Waals surface area contributed by atoms with E-state index in [9.17, 15) is 19.2 Å². The number of rotatable bonds is 19. The van der Waals surface area contributed by atoms with Crippen LogP contribution >= 0.6 is 0 Å². The lowest BCUT2D eigenvalue weighted by Crippen LogP contribution is -2.46. The molecule has 3 aliphatic heterocycles. The number of hydrogen-bond acceptors (Lipinski definition) is 9. The van der Waals surface area contributed by atoms with Crippen LogP contribution in [0.15, 0.2) is 71.5 Å². The van der Waals surface area contributed by atoms with Crippen molar-refractivity contribution in [1.82, 2.24) is 25.0 Å². The molecular formula is C50H64N6O6. The van der Waals surface area contributed by atoms with Crippen molar-refractivity contribution < 1.29 is 23.9 Å². The number of nitrogens with zero attached hydrogens (tertiary/aromatic N) is 4. The molecule has 330 valence electrons. The highest BCUT2D eigenvalue weighted by Gasteiger charge is 2.34. The van der Waals surface area contributed by atoms with Crippen molar-refractivity contribution in [3.8, 4) is 11.1 Å². The van der Waals surface area contributed by atoms with E-state index in [0.717, 1.165) is 144 Å². The minimum Gasteiger partial charge on any atom is -0.381 e. The number of unbranched alkanes of at least 4 members (excludes halogenated alkanes) is 3. The average Bonchev–Trinajstić information content (AvgIpc) is 3.52. The van der Waals surface area contributed by atoms with Crippen LogP contribution in [-0.2, 0) is 22.6 Å². The minimum atomic E-state index is -0.192. The van der Waals surface area contributed by atoms with Crippen molar-refractivity contribution in [3.63, 3.8) is 0 Å². The summed E-state index contributed by atoms with van der Waals surface area (Å²) >= 11 is 0. The largest absolute Gasteiger partial charge is 0.381 e. The Morgan fingerprint density at radius 3 is 2.16 bits per heavy atom. The van der Waals surface area contributed by atoms with Crippen LogP contribution < -0.4 is 15.8 Å². The molecule has 3 aliphatic rings. The molecule has 3 amide bonds. The normalized spacial score (nSPS) is 16.2. The van der Waals surface area contributed by atoms with Gasteiger partial charge in [-0.2, -0.15) is 0 Å². The maximum atomic E-state index is 14.0. The van der Waals surface area contributed by atoms with Gasteiger partial charge in [-0.05, 0) is 112 Å². The first-order chi connectivity index (χ1) is 30.1.